The van der Waals surface area contributed by atoms with Crippen molar-refractivity contribution in [2.45, 2.75) is 52.0 Å². The maximum Gasteiger partial charge on any atom is 0.139 e. The van der Waals surface area contributed by atoms with Gasteiger partial charge in [0.2, 0.25) is 0 Å². The number of nitrogens with one attached hydrogen (secondary N) is 1. The molecule has 1 aliphatic rings. The maximum absolute atomic E-state index is 5.90. The van der Waals surface area contributed by atoms with Gasteiger partial charge in [-0.25, -0.2) is 9.97 Å². The fourth-order valence-electron chi connectivity index (χ4n) is 2.80. The van der Waals surface area contributed by atoms with Crippen LogP contribution in [0.25, 0.3) is 0 Å². The predicted molar refractivity (Wildman–Crippen MR) is 79.7 cm³/mol. The van der Waals surface area contributed by atoms with Crippen LogP contribution in [0.3, 0.4) is 0 Å². The molecule has 1 N–H and O–H groups in total. The minimum Gasteiger partial charge on any atom is -0.369 e. The van der Waals surface area contributed by atoms with Crippen LogP contribution in [-0.2, 0) is 24.4 Å². The first-order valence-corrected chi connectivity index (χ1v) is 7.68. The van der Waals surface area contributed by atoms with Crippen molar-refractivity contribution in [3.8, 4) is 0 Å². The second-order valence-corrected chi connectivity index (χ2v) is 5.33. The number of aromatic nitrogens is 4. The van der Waals surface area contributed by atoms with Crippen LogP contribution < -0.4 is 5.32 Å². The lowest BCUT2D eigenvalue weighted by Crippen LogP contribution is -2.32. The van der Waals surface area contributed by atoms with Gasteiger partial charge in [-0.05, 0) is 20.3 Å². The molecule has 6 nitrogen and oxygen atoms in total. The number of imidazole rings is 2. The van der Waals surface area contributed by atoms with Gasteiger partial charge in [0.25, 0.3) is 0 Å². The van der Waals surface area contributed by atoms with E-state index < -0.39 is 0 Å². The Kier molecular flexibility index (Phi) is 4.36. The molecule has 0 bridgehead atoms. The lowest BCUT2D eigenvalue weighted by molar-refractivity contribution is 0.0885. The Labute approximate surface area is 125 Å². The van der Waals surface area contributed by atoms with Gasteiger partial charge >= 0.3 is 0 Å². The van der Waals surface area contributed by atoms with E-state index in [1.54, 1.807) is 0 Å². The van der Waals surface area contributed by atoms with E-state index in [4.69, 9.17) is 4.74 Å². The number of ether oxygens (including phenoxy) is 1. The van der Waals surface area contributed by atoms with E-state index in [0.29, 0.717) is 6.04 Å². The number of rotatable bonds is 6. The van der Waals surface area contributed by atoms with E-state index in [2.05, 4.69) is 44.5 Å². The summed E-state index contributed by atoms with van der Waals surface area (Å²) in [6, 6.07) is 0.296. The molecule has 2 atom stereocenters. The monoisotopic (exact) mass is 289 g/mol. The van der Waals surface area contributed by atoms with Gasteiger partial charge in [-0.3, -0.25) is 0 Å². The SMILES string of the molecule is CCn1cnc(CN[C@@H]2CCO[C@H]2c2nccn2CC)c1. The average Bonchev–Trinajstić information content (AvgIpc) is 3.23. The van der Waals surface area contributed by atoms with E-state index in [9.17, 15) is 0 Å². The molecule has 21 heavy (non-hydrogen) atoms. The minimum absolute atomic E-state index is 0.0354. The molecule has 0 radical (unpaired) electrons. The molecule has 0 unspecified atom stereocenters. The summed E-state index contributed by atoms with van der Waals surface area (Å²) < 4.78 is 10.1. The summed E-state index contributed by atoms with van der Waals surface area (Å²) in [5.41, 5.74) is 1.07. The highest BCUT2D eigenvalue weighted by Crippen LogP contribution is 2.28. The molecule has 1 fully saturated rings. The Morgan fingerprint density at radius 2 is 2.24 bits per heavy atom. The highest BCUT2D eigenvalue weighted by atomic mass is 16.5. The zero-order chi connectivity index (χ0) is 14.7. The molecular formula is C15H23N5O. The molecule has 114 valence electrons. The third-order valence-electron chi connectivity index (χ3n) is 4.03. The second-order valence-electron chi connectivity index (χ2n) is 5.33. The molecule has 0 saturated carbocycles. The van der Waals surface area contributed by atoms with Gasteiger partial charge in [0.15, 0.2) is 0 Å². The van der Waals surface area contributed by atoms with E-state index >= 15 is 0 Å². The van der Waals surface area contributed by atoms with Crippen LogP contribution in [-0.4, -0.2) is 31.8 Å². The van der Waals surface area contributed by atoms with Crippen molar-refractivity contribution in [1.82, 2.24) is 24.4 Å². The summed E-state index contributed by atoms with van der Waals surface area (Å²) in [7, 11) is 0. The molecule has 0 amide bonds. The van der Waals surface area contributed by atoms with Crippen molar-refractivity contribution < 1.29 is 4.74 Å². The summed E-state index contributed by atoms with van der Waals surface area (Å²) in [5, 5.41) is 3.57. The molecule has 0 aromatic carbocycles. The maximum atomic E-state index is 5.90. The van der Waals surface area contributed by atoms with Gasteiger partial charge in [-0.1, -0.05) is 0 Å². The van der Waals surface area contributed by atoms with Gasteiger partial charge in [0.05, 0.1) is 12.0 Å². The highest BCUT2D eigenvalue weighted by Gasteiger charge is 2.32. The molecule has 2 aromatic heterocycles. The van der Waals surface area contributed by atoms with Gasteiger partial charge in [0.1, 0.15) is 11.9 Å². The highest BCUT2D eigenvalue weighted by molar-refractivity contribution is 5.04. The third-order valence-corrected chi connectivity index (χ3v) is 4.03. The summed E-state index contributed by atoms with van der Waals surface area (Å²) in [6.45, 7) is 7.66. The van der Waals surface area contributed by atoms with Gasteiger partial charge in [-0.15, -0.1) is 0 Å². The first-order chi connectivity index (χ1) is 10.3. The van der Waals surface area contributed by atoms with Crippen molar-refractivity contribution in [3.05, 3.63) is 36.4 Å². The van der Waals surface area contributed by atoms with E-state index in [1.807, 2.05) is 18.7 Å². The summed E-state index contributed by atoms with van der Waals surface area (Å²) in [6.07, 6.45) is 8.87. The first kappa shape index (κ1) is 14.3. The molecule has 0 spiro atoms. The summed E-state index contributed by atoms with van der Waals surface area (Å²) in [4.78, 5) is 8.88. The van der Waals surface area contributed by atoms with Crippen LogP contribution in [0.2, 0.25) is 0 Å². The summed E-state index contributed by atoms with van der Waals surface area (Å²) >= 11 is 0. The van der Waals surface area contributed by atoms with Crippen molar-refractivity contribution in [1.29, 1.82) is 0 Å². The van der Waals surface area contributed by atoms with E-state index in [1.165, 1.54) is 0 Å². The Bertz CT molecular complexity index is 576. The Morgan fingerprint density at radius 1 is 1.33 bits per heavy atom. The molecule has 1 aliphatic heterocycles. The Balaban J connectivity index is 1.64. The lowest BCUT2D eigenvalue weighted by Gasteiger charge is -2.19. The standard InChI is InChI=1S/C15H23N5O/c1-3-19-10-12(18-11-19)9-17-13-5-8-21-14(13)15-16-6-7-20(15)4-2/h6-7,10-11,13-14,17H,3-5,8-9H2,1-2H3/t13-,14-/m1/s1. The zero-order valence-electron chi connectivity index (χ0n) is 12.7. The van der Waals surface area contributed by atoms with Crippen molar-refractivity contribution in [2.75, 3.05) is 6.61 Å². The van der Waals surface area contributed by atoms with Crippen molar-refractivity contribution in [3.63, 3.8) is 0 Å². The largest absolute Gasteiger partial charge is 0.369 e. The first-order valence-electron chi connectivity index (χ1n) is 7.68. The van der Waals surface area contributed by atoms with Gasteiger partial charge in [0, 0.05) is 50.9 Å². The topological polar surface area (TPSA) is 56.9 Å². The van der Waals surface area contributed by atoms with E-state index in [0.717, 1.165) is 44.2 Å². The molecule has 1 saturated heterocycles. The number of hydrogen-bond acceptors (Lipinski definition) is 4. The quantitative estimate of drug-likeness (QED) is 0.880. The van der Waals surface area contributed by atoms with Crippen LogP contribution in [0, 0.1) is 0 Å². The number of aryl methyl sites for hydroxylation is 2. The fraction of sp³-hybridized carbons (Fsp3) is 0.600. The van der Waals surface area contributed by atoms with Gasteiger partial charge in [-0.2, -0.15) is 0 Å². The fourth-order valence-corrected chi connectivity index (χ4v) is 2.80. The van der Waals surface area contributed by atoms with Crippen LogP contribution in [0.4, 0.5) is 0 Å². The summed E-state index contributed by atoms with van der Waals surface area (Å²) in [5.74, 6) is 1.02. The normalized spacial score (nSPS) is 22.0. The van der Waals surface area contributed by atoms with Crippen LogP contribution in [0.5, 0.6) is 0 Å². The number of hydrogen-bond donors (Lipinski definition) is 1. The minimum atomic E-state index is 0.0354. The molecular weight excluding hydrogens is 266 g/mol. The molecule has 3 heterocycles. The van der Waals surface area contributed by atoms with Crippen LogP contribution in [0.1, 0.15) is 37.9 Å². The van der Waals surface area contributed by atoms with Gasteiger partial charge < -0.3 is 19.2 Å². The van der Waals surface area contributed by atoms with E-state index in [-0.39, 0.29) is 6.10 Å². The Morgan fingerprint density at radius 3 is 3.00 bits per heavy atom. The van der Waals surface area contributed by atoms with Crippen molar-refractivity contribution in [2.24, 2.45) is 0 Å². The van der Waals surface area contributed by atoms with Crippen LogP contribution in [0.15, 0.2) is 24.9 Å². The molecule has 2 aromatic rings. The van der Waals surface area contributed by atoms with Crippen molar-refractivity contribution >= 4 is 0 Å². The third kappa shape index (κ3) is 3.01. The molecule has 3 rings (SSSR count). The Hall–Kier alpha value is -1.66. The number of nitrogens with zero attached hydrogens (tertiary/aromatic N) is 4. The molecule has 0 aliphatic carbocycles. The van der Waals surface area contributed by atoms with Crippen LogP contribution >= 0.6 is 0 Å². The lowest BCUT2D eigenvalue weighted by atomic mass is 10.1. The average molecular weight is 289 g/mol. The predicted octanol–water partition coefficient (Wildman–Crippen LogP) is 1.74. The molecule has 6 heteroatoms. The zero-order valence-corrected chi connectivity index (χ0v) is 12.7. The second kappa shape index (κ2) is 6.41. The smallest absolute Gasteiger partial charge is 0.139 e.